The van der Waals surface area contributed by atoms with Crippen molar-refractivity contribution in [3.05, 3.63) is 29.8 Å². The highest BCUT2D eigenvalue weighted by Crippen LogP contribution is 2.50. The number of piperidine rings is 2. The Hall–Kier alpha value is -1.51. The Morgan fingerprint density at radius 1 is 1.35 bits per heavy atom. The van der Waals surface area contributed by atoms with Gasteiger partial charge in [-0.05, 0) is 42.4 Å². The molecule has 0 aromatic heterocycles. The van der Waals surface area contributed by atoms with Gasteiger partial charge in [-0.1, -0.05) is 12.1 Å². The van der Waals surface area contributed by atoms with Crippen LogP contribution in [0.3, 0.4) is 0 Å². The molecule has 2 aliphatic heterocycles. The highest BCUT2D eigenvalue weighted by atomic mass is 16.5. The van der Waals surface area contributed by atoms with Crippen LogP contribution in [0.5, 0.6) is 5.75 Å². The number of fused-ring (bicyclic) bond motifs is 2. The summed E-state index contributed by atoms with van der Waals surface area (Å²) in [6.07, 6.45) is 3.18. The van der Waals surface area contributed by atoms with Gasteiger partial charge in [0.15, 0.2) is 0 Å². The van der Waals surface area contributed by atoms with Crippen LogP contribution in [0.25, 0.3) is 0 Å². The second-order valence-corrected chi connectivity index (χ2v) is 5.35. The predicted molar refractivity (Wildman–Crippen MR) is 64.9 cm³/mol. The lowest BCUT2D eigenvalue weighted by Gasteiger charge is -2.51. The van der Waals surface area contributed by atoms with Gasteiger partial charge in [-0.15, -0.1) is 0 Å². The van der Waals surface area contributed by atoms with E-state index in [2.05, 4.69) is 17.4 Å². The summed E-state index contributed by atoms with van der Waals surface area (Å²) in [5.74, 6) is 1.43. The molecular formula is C14H17NO2. The van der Waals surface area contributed by atoms with E-state index in [9.17, 15) is 4.79 Å². The van der Waals surface area contributed by atoms with Crippen molar-refractivity contribution in [3.8, 4) is 5.75 Å². The molecule has 1 aromatic carbocycles. The topological polar surface area (TPSA) is 38.3 Å². The lowest BCUT2D eigenvalue weighted by molar-refractivity contribution is -0.140. The van der Waals surface area contributed by atoms with Crippen molar-refractivity contribution in [1.82, 2.24) is 5.32 Å². The summed E-state index contributed by atoms with van der Waals surface area (Å²) in [5.41, 5.74) is 1.66. The van der Waals surface area contributed by atoms with Crippen molar-refractivity contribution in [2.24, 2.45) is 11.3 Å². The first kappa shape index (κ1) is 10.6. The molecule has 1 amide bonds. The first-order chi connectivity index (χ1) is 8.21. The van der Waals surface area contributed by atoms with Crippen LogP contribution in [0.15, 0.2) is 24.3 Å². The highest BCUT2D eigenvalue weighted by molar-refractivity contribution is 5.81. The van der Waals surface area contributed by atoms with Crippen molar-refractivity contribution >= 4 is 5.91 Å². The third-order valence-electron chi connectivity index (χ3n) is 4.11. The Kier molecular flexibility index (Phi) is 2.35. The van der Waals surface area contributed by atoms with E-state index < -0.39 is 0 Å². The number of carbonyl (C=O) groups is 1. The highest BCUT2D eigenvalue weighted by Gasteiger charge is 2.50. The molecular weight excluding hydrogens is 214 g/mol. The Labute approximate surface area is 101 Å². The maximum Gasteiger partial charge on any atom is 0.223 e. The Balaban J connectivity index is 1.69. The molecule has 90 valence electrons. The standard InChI is InChI=1S/C14H17NO2/c1-17-12-4-2-10(3-5-12)6-14-7-11(8-14)13(16)15-9-14/h2-5,11H,6-9H2,1H3,(H,15,16). The molecule has 2 bridgehead atoms. The molecule has 4 rings (SSSR count). The minimum atomic E-state index is 0.251. The van der Waals surface area contributed by atoms with E-state index in [4.69, 9.17) is 4.74 Å². The summed E-state index contributed by atoms with van der Waals surface area (Å²) < 4.78 is 5.15. The Morgan fingerprint density at radius 2 is 2.06 bits per heavy atom. The Morgan fingerprint density at radius 3 is 2.59 bits per heavy atom. The second-order valence-electron chi connectivity index (χ2n) is 5.35. The van der Waals surface area contributed by atoms with Crippen LogP contribution in [0.2, 0.25) is 0 Å². The summed E-state index contributed by atoms with van der Waals surface area (Å²) in [6, 6.07) is 8.25. The molecule has 1 aromatic rings. The zero-order chi connectivity index (χ0) is 11.9. The van der Waals surface area contributed by atoms with Crippen LogP contribution in [0.1, 0.15) is 18.4 Å². The first-order valence-electron chi connectivity index (χ1n) is 6.11. The van der Waals surface area contributed by atoms with Gasteiger partial charge in [0.2, 0.25) is 5.91 Å². The van der Waals surface area contributed by atoms with E-state index in [1.54, 1.807) is 7.11 Å². The molecule has 0 radical (unpaired) electrons. The normalized spacial score (nSPS) is 30.4. The molecule has 1 N–H and O–H groups in total. The molecule has 3 heteroatoms. The number of hydrogen-bond donors (Lipinski definition) is 1. The fraction of sp³-hybridized carbons (Fsp3) is 0.500. The lowest BCUT2D eigenvalue weighted by Crippen LogP contribution is -2.58. The minimum Gasteiger partial charge on any atom is -0.497 e. The smallest absolute Gasteiger partial charge is 0.223 e. The van der Waals surface area contributed by atoms with Crippen LogP contribution >= 0.6 is 0 Å². The number of amides is 1. The van der Waals surface area contributed by atoms with Crippen LogP contribution in [0, 0.1) is 11.3 Å². The third kappa shape index (κ3) is 1.79. The van der Waals surface area contributed by atoms with E-state index in [0.717, 1.165) is 31.6 Å². The molecule has 1 saturated carbocycles. The lowest BCUT2D eigenvalue weighted by atomic mass is 9.57. The van der Waals surface area contributed by atoms with Crippen molar-refractivity contribution in [2.45, 2.75) is 19.3 Å². The number of hydrogen-bond acceptors (Lipinski definition) is 2. The third-order valence-corrected chi connectivity index (χ3v) is 4.11. The fourth-order valence-electron chi connectivity index (χ4n) is 3.12. The van der Waals surface area contributed by atoms with Crippen LogP contribution in [-0.4, -0.2) is 19.6 Å². The summed E-state index contributed by atoms with van der Waals surface area (Å²) in [6.45, 7) is 0.842. The van der Waals surface area contributed by atoms with Crippen molar-refractivity contribution < 1.29 is 9.53 Å². The van der Waals surface area contributed by atoms with E-state index in [0.29, 0.717) is 5.41 Å². The summed E-state index contributed by atoms with van der Waals surface area (Å²) >= 11 is 0. The van der Waals surface area contributed by atoms with E-state index in [1.165, 1.54) is 5.56 Å². The Bertz CT molecular complexity index is 427. The zero-order valence-electron chi connectivity index (χ0n) is 10.0. The first-order valence-corrected chi connectivity index (χ1v) is 6.11. The molecule has 0 atom stereocenters. The maximum absolute atomic E-state index is 11.4. The maximum atomic E-state index is 11.4. The SMILES string of the molecule is COc1ccc(CC23CNC(=O)C(C2)C3)cc1. The van der Waals surface area contributed by atoms with Crippen LogP contribution in [-0.2, 0) is 11.2 Å². The number of rotatable bonds is 3. The molecule has 17 heavy (non-hydrogen) atoms. The van der Waals surface area contributed by atoms with Gasteiger partial charge in [-0.25, -0.2) is 0 Å². The molecule has 0 unspecified atom stereocenters. The monoisotopic (exact) mass is 231 g/mol. The van der Waals surface area contributed by atoms with Gasteiger partial charge in [-0.2, -0.15) is 0 Å². The zero-order valence-corrected chi connectivity index (χ0v) is 10.0. The molecule has 3 fully saturated rings. The van der Waals surface area contributed by atoms with E-state index in [-0.39, 0.29) is 11.8 Å². The minimum absolute atomic E-state index is 0.251. The molecule has 3 nitrogen and oxygen atoms in total. The number of benzene rings is 1. The quantitative estimate of drug-likeness (QED) is 0.861. The fourth-order valence-corrected chi connectivity index (χ4v) is 3.12. The van der Waals surface area contributed by atoms with Crippen molar-refractivity contribution in [1.29, 1.82) is 0 Å². The summed E-state index contributed by atoms with van der Waals surface area (Å²) in [5, 5.41) is 3.00. The number of carbonyl (C=O) groups excluding carboxylic acids is 1. The van der Waals surface area contributed by atoms with Crippen LogP contribution in [0.4, 0.5) is 0 Å². The van der Waals surface area contributed by atoms with Gasteiger partial charge in [0, 0.05) is 12.5 Å². The molecule has 3 aliphatic rings. The average molecular weight is 231 g/mol. The van der Waals surface area contributed by atoms with E-state index in [1.807, 2.05) is 12.1 Å². The second kappa shape index (κ2) is 3.76. The summed E-state index contributed by atoms with van der Waals surface area (Å²) in [4.78, 5) is 11.4. The van der Waals surface area contributed by atoms with Gasteiger partial charge in [0.1, 0.15) is 5.75 Å². The van der Waals surface area contributed by atoms with Gasteiger partial charge < -0.3 is 10.1 Å². The molecule has 2 heterocycles. The number of nitrogens with one attached hydrogen (secondary N) is 1. The van der Waals surface area contributed by atoms with Crippen LogP contribution < -0.4 is 10.1 Å². The summed E-state index contributed by atoms with van der Waals surface area (Å²) in [7, 11) is 1.68. The van der Waals surface area contributed by atoms with Gasteiger partial charge in [-0.3, -0.25) is 4.79 Å². The number of methoxy groups -OCH3 is 1. The molecule has 1 aliphatic carbocycles. The van der Waals surface area contributed by atoms with Gasteiger partial charge in [0.05, 0.1) is 7.11 Å². The molecule has 2 saturated heterocycles. The van der Waals surface area contributed by atoms with Crippen molar-refractivity contribution in [2.75, 3.05) is 13.7 Å². The molecule has 0 spiro atoms. The van der Waals surface area contributed by atoms with E-state index >= 15 is 0 Å². The van der Waals surface area contributed by atoms with Gasteiger partial charge in [0.25, 0.3) is 0 Å². The predicted octanol–water partition coefficient (Wildman–Crippen LogP) is 1.76. The average Bonchev–Trinajstić information content (AvgIpc) is 2.31. The largest absolute Gasteiger partial charge is 0.497 e. The van der Waals surface area contributed by atoms with Crippen molar-refractivity contribution in [3.63, 3.8) is 0 Å². The van der Waals surface area contributed by atoms with Gasteiger partial charge >= 0.3 is 0 Å². The number of ether oxygens (including phenoxy) is 1.